The molecule has 5 nitrogen and oxygen atoms in total. The van der Waals surface area contributed by atoms with Gasteiger partial charge in [-0.05, 0) is 25.8 Å². The minimum absolute atomic E-state index is 0.585. The Morgan fingerprint density at radius 1 is 1.56 bits per heavy atom. The molecule has 0 aromatic carbocycles. The Morgan fingerprint density at radius 2 is 2.22 bits per heavy atom. The van der Waals surface area contributed by atoms with Crippen molar-refractivity contribution >= 4 is 11.7 Å². The molecule has 1 N–H and O–H groups in total. The lowest BCUT2D eigenvalue weighted by atomic mass is 9.80. The first-order valence-corrected chi connectivity index (χ1v) is 5.89. The van der Waals surface area contributed by atoms with Crippen molar-refractivity contribution in [2.45, 2.75) is 19.8 Å². The molecule has 1 aliphatic heterocycles. The second kappa shape index (κ2) is 4.65. The zero-order valence-electron chi connectivity index (χ0n) is 10.3. The van der Waals surface area contributed by atoms with Gasteiger partial charge in [0.25, 0.3) is 0 Å². The summed E-state index contributed by atoms with van der Waals surface area (Å²) >= 11 is 0. The van der Waals surface area contributed by atoms with Gasteiger partial charge < -0.3 is 10.0 Å². The number of rotatable bonds is 2. The Morgan fingerprint density at radius 3 is 2.78 bits per heavy atom. The van der Waals surface area contributed by atoms with Gasteiger partial charge in [-0.15, -0.1) is 0 Å². The largest absolute Gasteiger partial charge is 0.481 e. The van der Waals surface area contributed by atoms with Crippen LogP contribution in [0.1, 0.15) is 25.3 Å². The molecule has 1 aromatic rings. The Bertz CT molecular complexity index is 499. The maximum Gasteiger partial charge on any atom is 0.309 e. The zero-order chi connectivity index (χ0) is 13.2. The number of hydrogen-bond donors (Lipinski definition) is 1. The van der Waals surface area contributed by atoms with Gasteiger partial charge in [0, 0.05) is 19.3 Å². The average molecular weight is 245 g/mol. The van der Waals surface area contributed by atoms with Crippen molar-refractivity contribution < 1.29 is 9.90 Å². The van der Waals surface area contributed by atoms with E-state index >= 15 is 0 Å². The number of aromatic nitrogens is 1. The van der Waals surface area contributed by atoms with E-state index in [4.69, 9.17) is 5.26 Å². The highest BCUT2D eigenvalue weighted by Crippen LogP contribution is 2.33. The molecule has 0 radical (unpaired) electrons. The third kappa shape index (κ3) is 2.14. The summed E-state index contributed by atoms with van der Waals surface area (Å²) < 4.78 is 0. The van der Waals surface area contributed by atoms with Crippen LogP contribution in [0.4, 0.5) is 5.69 Å². The molecule has 1 aromatic heterocycles. The molecule has 0 bridgehead atoms. The number of piperidine rings is 1. The predicted octanol–water partition coefficient (Wildman–Crippen LogP) is 1.64. The van der Waals surface area contributed by atoms with Gasteiger partial charge in [-0.1, -0.05) is 0 Å². The van der Waals surface area contributed by atoms with E-state index in [9.17, 15) is 9.90 Å². The first kappa shape index (κ1) is 12.4. The monoisotopic (exact) mass is 245 g/mol. The molecule has 1 fully saturated rings. The molecule has 1 saturated heterocycles. The normalized spacial score (nSPS) is 18.1. The lowest BCUT2D eigenvalue weighted by molar-refractivity contribution is -0.149. The van der Waals surface area contributed by atoms with Gasteiger partial charge in [-0.25, -0.2) is 0 Å². The summed E-state index contributed by atoms with van der Waals surface area (Å²) in [7, 11) is 0. The maximum atomic E-state index is 11.2. The van der Waals surface area contributed by atoms with E-state index in [1.54, 1.807) is 25.4 Å². The molecular formula is C13H15N3O2. The molecule has 18 heavy (non-hydrogen) atoms. The first-order valence-electron chi connectivity index (χ1n) is 5.89. The van der Waals surface area contributed by atoms with Crippen LogP contribution in [0.25, 0.3) is 0 Å². The smallest absolute Gasteiger partial charge is 0.309 e. The van der Waals surface area contributed by atoms with Crippen LogP contribution < -0.4 is 4.90 Å². The van der Waals surface area contributed by atoms with E-state index in [2.05, 4.69) is 11.1 Å². The van der Waals surface area contributed by atoms with Crippen LogP contribution in [0.3, 0.4) is 0 Å². The highest BCUT2D eigenvalue weighted by atomic mass is 16.4. The molecule has 0 saturated carbocycles. The van der Waals surface area contributed by atoms with Gasteiger partial charge in [0.2, 0.25) is 0 Å². The Kier molecular flexibility index (Phi) is 3.19. The van der Waals surface area contributed by atoms with Crippen LogP contribution in [0, 0.1) is 16.7 Å². The average Bonchev–Trinajstić information content (AvgIpc) is 2.39. The SMILES string of the molecule is CC1(C(=O)O)CCN(c2cnccc2C#N)CC1. The van der Waals surface area contributed by atoms with Crippen LogP contribution in [0.5, 0.6) is 0 Å². The molecule has 5 heteroatoms. The number of carbonyl (C=O) groups is 1. The number of aliphatic carboxylic acids is 1. The van der Waals surface area contributed by atoms with Crippen molar-refractivity contribution in [1.29, 1.82) is 5.26 Å². The number of nitriles is 1. The summed E-state index contributed by atoms with van der Waals surface area (Å²) in [6.45, 7) is 3.06. The molecule has 0 spiro atoms. The number of nitrogens with zero attached hydrogens (tertiary/aromatic N) is 3. The van der Waals surface area contributed by atoms with E-state index in [-0.39, 0.29) is 0 Å². The summed E-state index contributed by atoms with van der Waals surface area (Å²) in [6.07, 6.45) is 4.43. The van der Waals surface area contributed by atoms with Crippen LogP contribution in [-0.2, 0) is 4.79 Å². The quantitative estimate of drug-likeness (QED) is 0.857. The van der Waals surface area contributed by atoms with Crippen molar-refractivity contribution in [3.63, 3.8) is 0 Å². The Hall–Kier alpha value is -2.09. The van der Waals surface area contributed by atoms with Crippen LogP contribution >= 0.6 is 0 Å². The molecule has 2 rings (SSSR count). The van der Waals surface area contributed by atoms with E-state index in [1.165, 1.54) is 0 Å². The Balaban J connectivity index is 2.15. The Labute approximate surface area is 106 Å². The number of anilines is 1. The van der Waals surface area contributed by atoms with E-state index in [1.807, 2.05) is 4.90 Å². The molecule has 0 amide bonds. The van der Waals surface area contributed by atoms with Gasteiger partial charge in [0.1, 0.15) is 6.07 Å². The number of carboxylic acids is 1. The number of hydrogen-bond acceptors (Lipinski definition) is 4. The van der Waals surface area contributed by atoms with Crippen molar-refractivity contribution in [2.24, 2.45) is 5.41 Å². The van der Waals surface area contributed by atoms with Crippen molar-refractivity contribution in [3.8, 4) is 6.07 Å². The van der Waals surface area contributed by atoms with Crippen LogP contribution in [0.2, 0.25) is 0 Å². The lowest BCUT2D eigenvalue weighted by Gasteiger charge is -2.37. The zero-order valence-corrected chi connectivity index (χ0v) is 10.3. The lowest BCUT2D eigenvalue weighted by Crippen LogP contribution is -2.43. The summed E-state index contributed by atoms with van der Waals surface area (Å²) in [5, 5.41) is 18.2. The molecular weight excluding hydrogens is 230 g/mol. The second-order valence-corrected chi connectivity index (χ2v) is 4.86. The van der Waals surface area contributed by atoms with Gasteiger partial charge in [-0.2, -0.15) is 5.26 Å². The minimum Gasteiger partial charge on any atom is -0.481 e. The fourth-order valence-corrected chi connectivity index (χ4v) is 2.19. The maximum absolute atomic E-state index is 11.2. The topological polar surface area (TPSA) is 77.2 Å². The van der Waals surface area contributed by atoms with Crippen molar-refractivity contribution in [2.75, 3.05) is 18.0 Å². The van der Waals surface area contributed by atoms with Gasteiger partial charge in [-0.3, -0.25) is 9.78 Å². The number of carboxylic acid groups (broad SMARTS) is 1. The van der Waals surface area contributed by atoms with Crippen LogP contribution in [0.15, 0.2) is 18.5 Å². The van der Waals surface area contributed by atoms with E-state index in [0.717, 1.165) is 5.69 Å². The van der Waals surface area contributed by atoms with Crippen molar-refractivity contribution in [3.05, 3.63) is 24.0 Å². The molecule has 0 atom stereocenters. The van der Waals surface area contributed by atoms with Crippen LogP contribution in [-0.4, -0.2) is 29.1 Å². The van der Waals surface area contributed by atoms with Gasteiger partial charge in [0.05, 0.1) is 22.9 Å². The van der Waals surface area contributed by atoms with Gasteiger partial charge in [0.15, 0.2) is 0 Å². The summed E-state index contributed by atoms with van der Waals surface area (Å²) in [5.74, 6) is -0.742. The predicted molar refractivity (Wildman–Crippen MR) is 66.1 cm³/mol. The summed E-state index contributed by atoms with van der Waals surface area (Å²) in [4.78, 5) is 17.2. The van der Waals surface area contributed by atoms with E-state index < -0.39 is 11.4 Å². The van der Waals surface area contributed by atoms with E-state index in [0.29, 0.717) is 31.5 Å². The second-order valence-electron chi connectivity index (χ2n) is 4.86. The summed E-state index contributed by atoms with van der Waals surface area (Å²) in [6, 6.07) is 3.82. The first-order chi connectivity index (χ1) is 8.57. The highest BCUT2D eigenvalue weighted by molar-refractivity contribution is 5.74. The molecule has 1 aliphatic rings. The minimum atomic E-state index is -0.742. The fraction of sp³-hybridized carbons (Fsp3) is 0.462. The standard InChI is InChI=1S/C13H15N3O2/c1-13(12(17)18)3-6-16(7-4-13)11-9-15-5-2-10(11)8-14/h2,5,9H,3-4,6-7H2,1H3,(H,17,18). The third-order valence-corrected chi connectivity index (χ3v) is 3.64. The highest BCUT2D eigenvalue weighted by Gasteiger charge is 2.37. The summed E-state index contributed by atoms with van der Waals surface area (Å²) in [5.41, 5.74) is 0.738. The molecule has 0 unspecified atom stereocenters. The number of pyridine rings is 1. The van der Waals surface area contributed by atoms with Crippen molar-refractivity contribution in [1.82, 2.24) is 4.98 Å². The molecule has 2 heterocycles. The fourth-order valence-electron chi connectivity index (χ4n) is 2.19. The third-order valence-electron chi connectivity index (χ3n) is 3.64. The van der Waals surface area contributed by atoms with Gasteiger partial charge >= 0.3 is 5.97 Å². The molecule has 94 valence electrons. The molecule has 0 aliphatic carbocycles.